The number of halogens is 2. The number of hydrogen-bond donors (Lipinski definition) is 0. The highest BCUT2D eigenvalue weighted by molar-refractivity contribution is 9.10. The van der Waals surface area contributed by atoms with Crippen molar-refractivity contribution in [2.75, 3.05) is 25.1 Å². The molecule has 3 nitrogen and oxygen atoms in total. The van der Waals surface area contributed by atoms with Gasteiger partial charge >= 0.3 is 0 Å². The number of allylic oxidation sites excluding steroid dienone is 1. The lowest BCUT2D eigenvalue weighted by Crippen LogP contribution is -2.19. The fourth-order valence-corrected chi connectivity index (χ4v) is 2.70. The van der Waals surface area contributed by atoms with E-state index in [1.54, 1.807) is 42.5 Å². The van der Waals surface area contributed by atoms with Crippen LogP contribution in [0, 0.1) is 5.82 Å². The van der Waals surface area contributed by atoms with Gasteiger partial charge in [0.2, 0.25) is 0 Å². The highest BCUT2D eigenvalue weighted by Crippen LogP contribution is 2.34. The molecule has 2 rings (SSSR count). The summed E-state index contributed by atoms with van der Waals surface area (Å²) in [6, 6.07) is 10.0. The summed E-state index contributed by atoms with van der Waals surface area (Å²) in [6.45, 7) is 6.31. The van der Waals surface area contributed by atoms with Crippen LogP contribution in [0.15, 0.2) is 65.7 Å². The molecule has 26 heavy (non-hydrogen) atoms. The number of likely N-dealkylation sites (N-methyl/N-ethyl adjacent to an activating group) is 1. The van der Waals surface area contributed by atoms with Crippen molar-refractivity contribution in [3.8, 4) is 5.75 Å². The Balaban J connectivity index is 2.47. The number of benzene rings is 2. The molecule has 0 aliphatic rings. The summed E-state index contributed by atoms with van der Waals surface area (Å²) in [6.07, 6.45) is 5.32. The van der Waals surface area contributed by atoms with E-state index in [2.05, 4.69) is 22.5 Å². The second-order valence-electron chi connectivity index (χ2n) is 5.66. The Morgan fingerprint density at radius 3 is 2.58 bits per heavy atom. The van der Waals surface area contributed by atoms with Crippen LogP contribution in [0.1, 0.15) is 22.8 Å². The minimum atomic E-state index is -0.657. The number of carbonyl (C=O) groups is 1. The van der Waals surface area contributed by atoms with E-state index in [0.29, 0.717) is 17.8 Å². The molecule has 2 aromatic carbocycles. The minimum Gasteiger partial charge on any atom is -0.484 e. The minimum absolute atomic E-state index is 0.0152. The molecular formula is C21H21BrFNO2. The van der Waals surface area contributed by atoms with Gasteiger partial charge in [-0.05, 0) is 43.3 Å². The predicted molar refractivity (Wildman–Crippen MR) is 108 cm³/mol. The van der Waals surface area contributed by atoms with Crippen LogP contribution in [0.2, 0.25) is 0 Å². The van der Waals surface area contributed by atoms with E-state index in [4.69, 9.17) is 4.74 Å². The lowest BCUT2D eigenvalue weighted by atomic mass is 10.0. The molecule has 0 atom stereocenters. The molecule has 0 N–H and O–H groups in total. The summed E-state index contributed by atoms with van der Waals surface area (Å²) < 4.78 is 21.6. The van der Waals surface area contributed by atoms with E-state index in [-0.39, 0.29) is 23.7 Å². The van der Waals surface area contributed by atoms with E-state index >= 15 is 4.39 Å². The predicted octanol–water partition coefficient (Wildman–Crippen LogP) is 5.40. The average Bonchev–Trinajstić information content (AvgIpc) is 2.63. The van der Waals surface area contributed by atoms with E-state index in [0.717, 1.165) is 4.47 Å². The monoisotopic (exact) mass is 417 g/mol. The first-order chi connectivity index (χ1) is 12.5. The molecule has 0 aromatic heterocycles. The molecule has 0 saturated heterocycles. The van der Waals surface area contributed by atoms with Crippen molar-refractivity contribution in [2.24, 2.45) is 0 Å². The lowest BCUT2D eigenvalue weighted by molar-refractivity contribution is 0.103. The van der Waals surface area contributed by atoms with Crippen molar-refractivity contribution in [3.05, 3.63) is 82.6 Å². The molecule has 0 bridgehead atoms. The summed E-state index contributed by atoms with van der Waals surface area (Å²) in [4.78, 5) is 14.5. The molecule has 0 aliphatic heterocycles. The average molecular weight is 418 g/mol. The third-order valence-electron chi connectivity index (χ3n) is 3.80. The number of anilines is 1. The molecule has 0 spiro atoms. The van der Waals surface area contributed by atoms with Gasteiger partial charge in [-0.3, -0.25) is 4.79 Å². The second kappa shape index (κ2) is 9.34. The van der Waals surface area contributed by atoms with Gasteiger partial charge in [0.1, 0.15) is 6.61 Å². The van der Waals surface area contributed by atoms with Crippen molar-refractivity contribution < 1.29 is 13.9 Å². The summed E-state index contributed by atoms with van der Waals surface area (Å²) in [5, 5.41) is 0. The highest BCUT2D eigenvalue weighted by atomic mass is 79.9. The molecule has 0 aliphatic carbocycles. The number of hydrogen-bond acceptors (Lipinski definition) is 3. The van der Waals surface area contributed by atoms with Crippen LogP contribution in [0.4, 0.5) is 10.1 Å². The summed E-state index contributed by atoms with van der Waals surface area (Å²) in [7, 11) is 1.81. The van der Waals surface area contributed by atoms with Gasteiger partial charge in [0, 0.05) is 23.6 Å². The quantitative estimate of drug-likeness (QED) is 0.425. The van der Waals surface area contributed by atoms with Crippen molar-refractivity contribution in [1.29, 1.82) is 0 Å². The maximum absolute atomic E-state index is 15.1. The Morgan fingerprint density at radius 2 is 1.96 bits per heavy atom. The maximum atomic E-state index is 15.1. The Bertz CT molecular complexity index is 816. The van der Waals surface area contributed by atoms with Gasteiger partial charge in [0.25, 0.3) is 0 Å². The zero-order valence-electron chi connectivity index (χ0n) is 14.8. The van der Waals surface area contributed by atoms with E-state index in [1.807, 2.05) is 24.9 Å². The number of carbonyl (C=O) groups excluding carboxylic acids is 1. The largest absolute Gasteiger partial charge is 0.484 e. The van der Waals surface area contributed by atoms with Crippen molar-refractivity contribution in [1.82, 2.24) is 0 Å². The van der Waals surface area contributed by atoms with Gasteiger partial charge in [-0.2, -0.15) is 0 Å². The van der Waals surface area contributed by atoms with Crippen LogP contribution >= 0.6 is 15.9 Å². The normalized spacial score (nSPS) is 10.8. The molecule has 0 unspecified atom stereocenters. The summed E-state index contributed by atoms with van der Waals surface area (Å²) in [5.41, 5.74) is 0.969. The number of ketones is 1. The smallest absolute Gasteiger partial charge is 0.196 e. The van der Waals surface area contributed by atoms with Crippen LogP contribution < -0.4 is 9.64 Å². The summed E-state index contributed by atoms with van der Waals surface area (Å²) in [5.74, 6) is -0.977. The third kappa shape index (κ3) is 4.61. The molecule has 0 fully saturated rings. The first-order valence-electron chi connectivity index (χ1n) is 8.18. The van der Waals surface area contributed by atoms with Crippen molar-refractivity contribution in [2.45, 2.75) is 6.92 Å². The first-order valence-corrected chi connectivity index (χ1v) is 8.97. The van der Waals surface area contributed by atoms with Crippen LogP contribution in [0.3, 0.4) is 0 Å². The molecule has 0 heterocycles. The van der Waals surface area contributed by atoms with Gasteiger partial charge < -0.3 is 9.64 Å². The Kier molecular flexibility index (Phi) is 7.16. The Labute approximate surface area is 161 Å². The van der Waals surface area contributed by atoms with Crippen molar-refractivity contribution in [3.63, 3.8) is 0 Å². The summed E-state index contributed by atoms with van der Waals surface area (Å²) >= 11 is 3.33. The van der Waals surface area contributed by atoms with E-state index in [9.17, 15) is 4.79 Å². The first kappa shape index (κ1) is 19.9. The molecule has 136 valence electrons. The topological polar surface area (TPSA) is 29.5 Å². The highest BCUT2D eigenvalue weighted by Gasteiger charge is 2.22. The number of rotatable bonds is 8. The van der Waals surface area contributed by atoms with Gasteiger partial charge in [-0.1, -0.05) is 34.2 Å². The zero-order chi connectivity index (χ0) is 19.1. The fourth-order valence-electron chi connectivity index (χ4n) is 2.44. The SMILES string of the molecule is C=CCN(C)c1ccc(C(=O)c2ccc(Br)cc2)c(F)c1OCC=CC. The van der Waals surface area contributed by atoms with Gasteiger partial charge in [0.05, 0.1) is 11.3 Å². The van der Waals surface area contributed by atoms with Crippen LogP contribution in [0.25, 0.3) is 0 Å². The van der Waals surface area contributed by atoms with Gasteiger partial charge in [-0.15, -0.1) is 6.58 Å². The van der Waals surface area contributed by atoms with Crippen molar-refractivity contribution >= 4 is 27.4 Å². The number of nitrogens with zero attached hydrogens (tertiary/aromatic N) is 1. The standard InChI is InChI=1S/C21H21BrFNO2/c1-4-6-14-26-21-18(24(3)13-5-2)12-11-17(19(21)23)20(25)15-7-9-16(22)10-8-15/h4-12H,2,13-14H2,1,3H3. The molecule has 2 aromatic rings. The lowest BCUT2D eigenvalue weighted by Gasteiger charge is -2.22. The maximum Gasteiger partial charge on any atom is 0.196 e. The fraction of sp³-hybridized carbons (Fsp3) is 0.190. The second-order valence-corrected chi connectivity index (χ2v) is 6.58. The van der Waals surface area contributed by atoms with Gasteiger partial charge in [0.15, 0.2) is 17.3 Å². The molecule has 0 radical (unpaired) electrons. The van der Waals surface area contributed by atoms with E-state index in [1.165, 1.54) is 6.07 Å². The Hall–Kier alpha value is -2.40. The van der Waals surface area contributed by atoms with Crippen LogP contribution in [0.5, 0.6) is 5.75 Å². The third-order valence-corrected chi connectivity index (χ3v) is 4.33. The van der Waals surface area contributed by atoms with Crippen LogP contribution in [-0.2, 0) is 0 Å². The number of ether oxygens (including phenoxy) is 1. The Morgan fingerprint density at radius 1 is 1.27 bits per heavy atom. The van der Waals surface area contributed by atoms with Crippen LogP contribution in [-0.4, -0.2) is 26.0 Å². The zero-order valence-corrected chi connectivity index (χ0v) is 16.4. The molecule has 0 amide bonds. The van der Waals surface area contributed by atoms with Gasteiger partial charge in [-0.25, -0.2) is 4.39 Å². The van der Waals surface area contributed by atoms with E-state index < -0.39 is 5.82 Å². The molecular weight excluding hydrogens is 397 g/mol. The molecule has 5 heteroatoms. The molecule has 0 saturated carbocycles.